The number of aryl methyl sites for hydroxylation is 1. The van der Waals surface area contributed by atoms with Crippen molar-refractivity contribution in [3.63, 3.8) is 0 Å². The van der Waals surface area contributed by atoms with Gasteiger partial charge in [0.15, 0.2) is 0 Å². The van der Waals surface area contributed by atoms with Crippen LogP contribution >= 0.6 is 0 Å². The smallest absolute Gasteiger partial charge is 0.0393 e. The Morgan fingerprint density at radius 1 is 1.24 bits per heavy atom. The molecule has 2 heteroatoms. The van der Waals surface area contributed by atoms with Crippen molar-refractivity contribution >= 4 is 5.69 Å². The van der Waals surface area contributed by atoms with E-state index in [2.05, 4.69) is 48.5 Å². The fourth-order valence-electron chi connectivity index (χ4n) is 2.68. The lowest BCUT2D eigenvalue weighted by atomic mass is 10.2. The zero-order valence-corrected chi connectivity index (χ0v) is 11.1. The molecule has 94 valence electrons. The lowest BCUT2D eigenvalue weighted by molar-refractivity contribution is 0.528. The largest absolute Gasteiger partial charge is 0.373 e. The van der Waals surface area contributed by atoms with E-state index in [4.69, 9.17) is 0 Å². The van der Waals surface area contributed by atoms with Gasteiger partial charge in [-0.15, -0.1) is 0 Å². The number of anilines is 1. The summed E-state index contributed by atoms with van der Waals surface area (Å²) < 4.78 is 0. The van der Waals surface area contributed by atoms with Crippen LogP contribution in [-0.4, -0.2) is 26.2 Å². The Bertz CT molecular complexity index is 343. The Hall–Kier alpha value is -1.02. The van der Waals surface area contributed by atoms with Crippen LogP contribution in [0, 0.1) is 6.92 Å². The van der Waals surface area contributed by atoms with E-state index in [1.807, 2.05) is 0 Å². The Labute approximate surface area is 105 Å². The molecule has 0 amide bonds. The molecule has 0 saturated heterocycles. The van der Waals surface area contributed by atoms with Crippen LogP contribution in [0.2, 0.25) is 0 Å². The highest BCUT2D eigenvalue weighted by molar-refractivity contribution is 5.52. The second kappa shape index (κ2) is 6.06. The Morgan fingerprint density at radius 3 is 2.65 bits per heavy atom. The molecule has 0 bridgehead atoms. The van der Waals surface area contributed by atoms with Gasteiger partial charge in [-0.05, 0) is 31.4 Å². The van der Waals surface area contributed by atoms with Gasteiger partial charge in [0.05, 0.1) is 0 Å². The third kappa shape index (κ3) is 3.47. The summed E-state index contributed by atoms with van der Waals surface area (Å²) in [6, 6.07) is 9.37. The molecule has 1 saturated carbocycles. The number of benzene rings is 1. The Balaban J connectivity index is 1.77. The van der Waals surface area contributed by atoms with Gasteiger partial charge in [-0.2, -0.15) is 0 Å². The van der Waals surface area contributed by atoms with Crippen LogP contribution < -0.4 is 10.2 Å². The topological polar surface area (TPSA) is 15.3 Å². The lowest BCUT2D eigenvalue weighted by Gasteiger charge is -2.22. The molecule has 0 heterocycles. The Kier molecular flexibility index (Phi) is 4.43. The van der Waals surface area contributed by atoms with E-state index in [1.54, 1.807) is 0 Å². The second-order valence-corrected chi connectivity index (χ2v) is 5.14. The van der Waals surface area contributed by atoms with Crippen molar-refractivity contribution in [3.05, 3.63) is 29.8 Å². The molecular formula is C15H24N2. The minimum Gasteiger partial charge on any atom is -0.373 e. The molecule has 1 aliphatic rings. The average molecular weight is 232 g/mol. The summed E-state index contributed by atoms with van der Waals surface area (Å²) in [5.74, 6) is 0. The maximum absolute atomic E-state index is 3.66. The van der Waals surface area contributed by atoms with Crippen LogP contribution in [0.1, 0.15) is 31.2 Å². The fraction of sp³-hybridized carbons (Fsp3) is 0.600. The molecule has 17 heavy (non-hydrogen) atoms. The number of hydrogen-bond donors (Lipinski definition) is 1. The van der Waals surface area contributed by atoms with Gasteiger partial charge >= 0.3 is 0 Å². The van der Waals surface area contributed by atoms with E-state index in [-0.39, 0.29) is 0 Å². The second-order valence-electron chi connectivity index (χ2n) is 5.14. The normalized spacial score (nSPS) is 16.4. The summed E-state index contributed by atoms with van der Waals surface area (Å²) >= 11 is 0. The zero-order valence-electron chi connectivity index (χ0n) is 11.1. The Morgan fingerprint density at radius 2 is 1.94 bits per heavy atom. The van der Waals surface area contributed by atoms with Gasteiger partial charge in [-0.1, -0.05) is 31.0 Å². The predicted octanol–water partition coefficient (Wildman–Crippen LogP) is 2.96. The van der Waals surface area contributed by atoms with E-state index < -0.39 is 0 Å². The number of nitrogens with zero attached hydrogens (tertiary/aromatic N) is 1. The molecule has 1 aromatic carbocycles. The van der Waals surface area contributed by atoms with Gasteiger partial charge in [-0.25, -0.2) is 0 Å². The quantitative estimate of drug-likeness (QED) is 0.839. The summed E-state index contributed by atoms with van der Waals surface area (Å²) in [6.07, 6.45) is 5.55. The molecule has 2 nitrogen and oxygen atoms in total. The summed E-state index contributed by atoms with van der Waals surface area (Å²) in [4.78, 5) is 2.34. The van der Waals surface area contributed by atoms with Crippen LogP contribution in [0.4, 0.5) is 5.69 Å². The van der Waals surface area contributed by atoms with Gasteiger partial charge in [0, 0.05) is 31.9 Å². The molecule has 2 rings (SSSR count). The fourth-order valence-corrected chi connectivity index (χ4v) is 2.68. The summed E-state index contributed by atoms with van der Waals surface area (Å²) in [7, 11) is 2.18. The minimum absolute atomic E-state index is 0.778. The van der Waals surface area contributed by atoms with E-state index in [0.717, 1.165) is 19.1 Å². The van der Waals surface area contributed by atoms with Crippen LogP contribution in [0.25, 0.3) is 0 Å². The number of rotatable bonds is 5. The van der Waals surface area contributed by atoms with Gasteiger partial charge in [0.2, 0.25) is 0 Å². The summed E-state index contributed by atoms with van der Waals surface area (Å²) in [5.41, 5.74) is 2.71. The molecule has 0 atom stereocenters. The SMILES string of the molecule is Cc1ccccc1N(C)CCNC1CCCC1. The highest BCUT2D eigenvalue weighted by atomic mass is 15.1. The standard InChI is InChI=1S/C15H24N2/c1-13-7-3-6-10-15(13)17(2)12-11-16-14-8-4-5-9-14/h3,6-7,10,14,16H,4-5,8-9,11-12H2,1-2H3. The van der Waals surface area contributed by atoms with Crippen molar-refractivity contribution in [2.75, 3.05) is 25.0 Å². The zero-order chi connectivity index (χ0) is 12.1. The third-order valence-corrected chi connectivity index (χ3v) is 3.76. The predicted molar refractivity (Wildman–Crippen MR) is 74.7 cm³/mol. The van der Waals surface area contributed by atoms with Crippen molar-refractivity contribution in [2.24, 2.45) is 0 Å². The van der Waals surface area contributed by atoms with Crippen LogP contribution in [-0.2, 0) is 0 Å². The molecule has 0 aliphatic heterocycles. The summed E-state index contributed by atoms with van der Waals surface area (Å²) in [5, 5.41) is 3.66. The number of para-hydroxylation sites is 1. The third-order valence-electron chi connectivity index (χ3n) is 3.76. The van der Waals surface area contributed by atoms with Gasteiger partial charge in [-0.3, -0.25) is 0 Å². The van der Waals surface area contributed by atoms with Crippen LogP contribution in [0.15, 0.2) is 24.3 Å². The van der Waals surface area contributed by atoms with E-state index in [0.29, 0.717) is 0 Å². The molecule has 0 radical (unpaired) electrons. The first-order chi connectivity index (χ1) is 8.27. The van der Waals surface area contributed by atoms with Crippen molar-refractivity contribution in [2.45, 2.75) is 38.6 Å². The molecule has 0 aromatic heterocycles. The van der Waals surface area contributed by atoms with Crippen molar-refractivity contribution < 1.29 is 0 Å². The molecule has 1 N–H and O–H groups in total. The molecule has 0 unspecified atom stereocenters. The minimum atomic E-state index is 0.778. The molecule has 1 aromatic rings. The molecule has 1 fully saturated rings. The first kappa shape index (κ1) is 12.4. The first-order valence-corrected chi connectivity index (χ1v) is 6.77. The number of likely N-dealkylation sites (N-methyl/N-ethyl adjacent to an activating group) is 1. The van der Waals surface area contributed by atoms with E-state index >= 15 is 0 Å². The van der Waals surface area contributed by atoms with E-state index in [9.17, 15) is 0 Å². The summed E-state index contributed by atoms with van der Waals surface area (Å²) in [6.45, 7) is 4.35. The van der Waals surface area contributed by atoms with Gasteiger partial charge in [0.1, 0.15) is 0 Å². The lowest BCUT2D eigenvalue weighted by Crippen LogP contribution is -2.34. The van der Waals surface area contributed by atoms with Gasteiger partial charge in [0.25, 0.3) is 0 Å². The highest BCUT2D eigenvalue weighted by Gasteiger charge is 2.13. The van der Waals surface area contributed by atoms with Gasteiger partial charge < -0.3 is 10.2 Å². The first-order valence-electron chi connectivity index (χ1n) is 6.77. The monoisotopic (exact) mass is 232 g/mol. The molecule has 0 spiro atoms. The van der Waals surface area contributed by atoms with E-state index in [1.165, 1.54) is 36.9 Å². The molecular weight excluding hydrogens is 208 g/mol. The maximum atomic E-state index is 3.66. The average Bonchev–Trinajstić information content (AvgIpc) is 2.82. The van der Waals surface area contributed by atoms with Crippen molar-refractivity contribution in [1.82, 2.24) is 5.32 Å². The maximum Gasteiger partial charge on any atom is 0.0393 e. The van der Waals surface area contributed by atoms with Crippen molar-refractivity contribution in [3.8, 4) is 0 Å². The number of nitrogens with one attached hydrogen (secondary N) is 1. The van der Waals surface area contributed by atoms with Crippen LogP contribution in [0.5, 0.6) is 0 Å². The van der Waals surface area contributed by atoms with Crippen molar-refractivity contribution in [1.29, 1.82) is 0 Å². The highest BCUT2D eigenvalue weighted by Crippen LogP contribution is 2.18. The molecule has 1 aliphatic carbocycles. The van der Waals surface area contributed by atoms with Crippen LogP contribution in [0.3, 0.4) is 0 Å². The number of hydrogen-bond acceptors (Lipinski definition) is 2.